The van der Waals surface area contributed by atoms with Gasteiger partial charge in [0.2, 0.25) is 0 Å². The lowest BCUT2D eigenvalue weighted by molar-refractivity contribution is 0.152. The molecule has 180 valence electrons. The Morgan fingerprint density at radius 1 is 0.533 bits per heavy atom. The van der Waals surface area contributed by atoms with Crippen molar-refractivity contribution in [3.8, 4) is 0 Å². The lowest BCUT2D eigenvalue weighted by atomic mass is 9.71. The minimum absolute atomic E-state index is 0.714. The summed E-state index contributed by atoms with van der Waals surface area (Å²) in [7, 11) is 4.73. The van der Waals surface area contributed by atoms with Crippen LogP contribution in [0.2, 0.25) is 37.8 Å². The highest BCUT2D eigenvalue weighted by atomic mass is 28.4. The van der Waals surface area contributed by atoms with Gasteiger partial charge >= 0.3 is 25.7 Å². The van der Waals surface area contributed by atoms with Gasteiger partial charge in [0.25, 0.3) is 0 Å². The molecule has 3 atom stereocenters. The van der Waals surface area contributed by atoms with Crippen LogP contribution in [0.3, 0.4) is 0 Å². The van der Waals surface area contributed by atoms with Gasteiger partial charge < -0.3 is 26.6 Å². The molecule has 0 amide bonds. The molecule has 0 aromatic heterocycles. The molecule has 0 N–H and O–H groups in total. The van der Waals surface area contributed by atoms with Crippen LogP contribution >= 0.6 is 0 Å². The van der Waals surface area contributed by atoms with Gasteiger partial charge in [-0.15, -0.1) is 0 Å². The van der Waals surface area contributed by atoms with Crippen LogP contribution in [0, 0.1) is 17.8 Å². The fourth-order valence-electron chi connectivity index (χ4n) is 4.64. The second kappa shape index (κ2) is 13.2. The van der Waals surface area contributed by atoms with E-state index in [4.69, 9.17) is 26.6 Å². The second-order valence-corrected chi connectivity index (χ2v) is 20.2. The van der Waals surface area contributed by atoms with E-state index in [1.54, 1.807) is 42.7 Å². The van der Waals surface area contributed by atoms with Crippen molar-refractivity contribution in [2.24, 2.45) is 17.8 Å². The number of hydrogen-bond donors (Lipinski definition) is 0. The predicted molar refractivity (Wildman–Crippen MR) is 130 cm³/mol. The minimum Gasteiger partial charge on any atom is -0.398 e. The molecule has 0 aliphatic heterocycles. The largest absolute Gasteiger partial charge is 0.398 e. The normalized spacial score (nSPS) is 23.7. The van der Waals surface area contributed by atoms with E-state index in [1.807, 2.05) is 0 Å². The summed E-state index contributed by atoms with van der Waals surface area (Å²) in [5.74, 6) is 2.21. The standard InChI is InChI=1S/C21H48O6Si3/c1-22-28(7,23-2)15-12-19-10-11-20(13-16-29(8,24-3)25-4)21(18-19)14-17-30(9,26-5)27-6/h19-21H,10-18H2,1-9H3. The highest BCUT2D eigenvalue weighted by Gasteiger charge is 2.38. The number of hydrogen-bond acceptors (Lipinski definition) is 6. The summed E-state index contributed by atoms with van der Waals surface area (Å²) in [4.78, 5) is 0. The molecular weight excluding hydrogens is 432 g/mol. The zero-order valence-electron chi connectivity index (χ0n) is 21.0. The maximum absolute atomic E-state index is 5.77. The average molecular weight is 481 g/mol. The molecule has 1 saturated carbocycles. The Balaban J connectivity index is 2.78. The van der Waals surface area contributed by atoms with E-state index in [0.717, 1.165) is 30.0 Å². The van der Waals surface area contributed by atoms with Crippen molar-refractivity contribution in [2.45, 2.75) is 76.3 Å². The second-order valence-electron chi connectivity index (χ2n) is 9.44. The van der Waals surface area contributed by atoms with Gasteiger partial charge in [-0.3, -0.25) is 0 Å². The van der Waals surface area contributed by atoms with Gasteiger partial charge in [0.1, 0.15) is 0 Å². The van der Waals surface area contributed by atoms with Crippen LogP contribution in [-0.4, -0.2) is 68.3 Å². The predicted octanol–water partition coefficient (Wildman–Crippen LogP) is 5.28. The summed E-state index contributed by atoms with van der Waals surface area (Å²) in [5, 5.41) is 0. The van der Waals surface area contributed by atoms with Gasteiger partial charge in [0, 0.05) is 42.7 Å². The molecule has 6 nitrogen and oxygen atoms in total. The highest BCUT2D eigenvalue weighted by Crippen LogP contribution is 2.43. The summed E-state index contributed by atoms with van der Waals surface area (Å²) < 4.78 is 34.4. The molecule has 1 aliphatic carbocycles. The van der Waals surface area contributed by atoms with E-state index in [9.17, 15) is 0 Å². The first kappa shape index (κ1) is 28.4. The SMILES string of the molecule is CO[Si](C)(CCC1CCC(CC[Si](C)(OC)OC)C(CC[Si](C)(OC)OC)C1)OC. The lowest BCUT2D eigenvalue weighted by Gasteiger charge is -2.39. The van der Waals surface area contributed by atoms with Crippen molar-refractivity contribution in [1.82, 2.24) is 0 Å². The van der Waals surface area contributed by atoms with E-state index in [1.165, 1.54) is 38.5 Å². The molecule has 0 bridgehead atoms. The van der Waals surface area contributed by atoms with Gasteiger partial charge in [0.15, 0.2) is 0 Å². The topological polar surface area (TPSA) is 55.4 Å². The van der Waals surface area contributed by atoms with Crippen LogP contribution < -0.4 is 0 Å². The first-order chi connectivity index (χ1) is 14.1. The molecule has 0 aromatic carbocycles. The smallest absolute Gasteiger partial charge is 0.334 e. The zero-order chi connectivity index (χ0) is 22.8. The van der Waals surface area contributed by atoms with Crippen LogP contribution in [0.4, 0.5) is 0 Å². The molecule has 30 heavy (non-hydrogen) atoms. The minimum atomic E-state index is -2.04. The third kappa shape index (κ3) is 8.74. The van der Waals surface area contributed by atoms with Crippen molar-refractivity contribution in [1.29, 1.82) is 0 Å². The molecule has 0 aromatic rings. The molecule has 1 fully saturated rings. The van der Waals surface area contributed by atoms with Crippen LogP contribution in [0.5, 0.6) is 0 Å². The monoisotopic (exact) mass is 480 g/mol. The van der Waals surface area contributed by atoms with E-state index < -0.39 is 25.7 Å². The van der Waals surface area contributed by atoms with E-state index in [2.05, 4.69) is 19.6 Å². The summed E-state index contributed by atoms with van der Waals surface area (Å²) in [6, 6.07) is 3.19. The van der Waals surface area contributed by atoms with Crippen LogP contribution in [0.1, 0.15) is 38.5 Å². The van der Waals surface area contributed by atoms with Gasteiger partial charge in [-0.25, -0.2) is 0 Å². The quantitative estimate of drug-likeness (QED) is 0.297. The van der Waals surface area contributed by atoms with E-state index >= 15 is 0 Å². The fourth-order valence-corrected chi connectivity index (χ4v) is 9.09. The molecule has 0 saturated heterocycles. The molecule has 3 unspecified atom stereocenters. The highest BCUT2D eigenvalue weighted by molar-refractivity contribution is 6.66. The van der Waals surface area contributed by atoms with Crippen molar-refractivity contribution in [3.05, 3.63) is 0 Å². The van der Waals surface area contributed by atoms with E-state index in [-0.39, 0.29) is 0 Å². The first-order valence-corrected chi connectivity index (χ1v) is 19.0. The van der Waals surface area contributed by atoms with Crippen molar-refractivity contribution >= 4 is 25.7 Å². The fraction of sp³-hybridized carbons (Fsp3) is 1.00. The molecular formula is C21H48O6Si3. The van der Waals surface area contributed by atoms with Gasteiger partial charge in [-0.05, 0) is 87.6 Å². The van der Waals surface area contributed by atoms with Crippen LogP contribution in [-0.2, 0) is 26.6 Å². The molecule has 1 rings (SSSR count). The third-order valence-electron chi connectivity index (χ3n) is 7.78. The summed E-state index contributed by atoms with van der Waals surface area (Å²) in [6.45, 7) is 6.52. The third-order valence-corrected chi connectivity index (χ3v) is 16.6. The molecule has 9 heteroatoms. The maximum Gasteiger partial charge on any atom is 0.334 e. The Bertz CT molecular complexity index is 470. The Morgan fingerprint density at radius 3 is 1.30 bits per heavy atom. The molecule has 0 spiro atoms. The van der Waals surface area contributed by atoms with Crippen molar-refractivity contribution < 1.29 is 26.6 Å². The van der Waals surface area contributed by atoms with Gasteiger partial charge in [0.05, 0.1) is 0 Å². The van der Waals surface area contributed by atoms with E-state index in [0.29, 0.717) is 5.92 Å². The van der Waals surface area contributed by atoms with Crippen molar-refractivity contribution in [3.63, 3.8) is 0 Å². The van der Waals surface area contributed by atoms with Crippen LogP contribution in [0.15, 0.2) is 0 Å². The van der Waals surface area contributed by atoms with Crippen molar-refractivity contribution in [2.75, 3.05) is 42.7 Å². The maximum atomic E-state index is 5.77. The summed E-state index contributed by atoms with van der Waals surface area (Å²) in [6.07, 6.45) is 7.48. The molecule has 1 aliphatic rings. The summed E-state index contributed by atoms with van der Waals surface area (Å²) in [5.41, 5.74) is 0. The number of rotatable bonds is 15. The lowest BCUT2D eigenvalue weighted by Crippen LogP contribution is -2.39. The van der Waals surface area contributed by atoms with Gasteiger partial charge in [-0.2, -0.15) is 0 Å². The molecule has 0 radical (unpaired) electrons. The first-order valence-electron chi connectivity index (χ1n) is 11.4. The Hall–Kier alpha value is 0.411. The zero-order valence-corrected chi connectivity index (χ0v) is 24.0. The summed E-state index contributed by atoms with van der Waals surface area (Å²) >= 11 is 0. The van der Waals surface area contributed by atoms with Gasteiger partial charge in [-0.1, -0.05) is 6.42 Å². The Kier molecular flexibility index (Phi) is 12.5. The Labute approximate surface area is 189 Å². The average Bonchev–Trinajstić information content (AvgIpc) is 2.79. The molecule has 0 heterocycles. The van der Waals surface area contributed by atoms with Crippen LogP contribution in [0.25, 0.3) is 0 Å². The Morgan fingerprint density at radius 2 is 0.900 bits per heavy atom.